The lowest BCUT2D eigenvalue weighted by Gasteiger charge is -2.08. The number of aryl methyl sites for hydroxylation is 1. The lowest BCUT2D eigenvalue weighted by Crippen LogP contribution is -1.97. The Morgan fingerprint density at radius 2 is 2.11 bits per heavy atom. The van der Waals surface area contributed by atoms with Gasteiger partial charge in [-0.2, -0.15) is 0 Å². The molecule has 0 unspecified atom stereocenters. The molecule has 3 N–H and O–H groups in total. The molecule has 18 heavy (non-hydrogen) atoms. The largest absolute Gasteiger partial charge is 0.397 e. The number of benzene rings is 1. The normalized spacial score (nSPS) is 10.7. The number of rotatable bonds is 2. The lowest BCUT2D eigenvalue weighted by molar-refractivity contribution is 1.26. The molecule has 3 rings (SSSR count). The molecule has 0 radical (unpaired) electrons. The molecule has 2 aromatic heterocycles. The topological polar surface area (TPSA) is 63.8 Å². The zero-order valence-electron chi connectivity index (χ0n) is 9.84. The fraction of sp³-hybridized carbons (Fsp3) is 0.0769. The van der Waals surface area contributed by atoms with E-state index >= 15 is 0 Å². The summed E-state index contributed by atoms with van der Waals surface area (Å²) in [5.41, 5.74) is 11.3. The number of pyridine rings is 1. The molecule has 90 valence electrons. The first-order valence-corrected chi connectivity index (χ1v) is 6.43. The Bertz CT molecular complexity index is 705. The van der Waals surface area contributed by atoms with Crippen molar-refractivity contribution in [3.63, 3.8) is 0 Å². The van der Waals surface area contributed by atoms with E-state index in [2.05, 4.69) is 21.4 Å². The maximum atomic E-state index is 5.68. The first-order valence-electron chi connectivity index (χ1n) is 5.55. The monoisotopic (exact) mass is 256 g/mol. The van der Waals surface area contributed by atoms with Crippen LogP contribution < -0.4 is 11.1 Å². The van der Waals surface area contributed by atoms with Gasteiger partial charge in [0.25, 0.3) is 0 Å². The number of anilines is 3. The SMILES string of the molecule is Cc1cc(N)cnc1Nc1ccc2ncsc2c1. The maximum absolute atomic E-state index is 5.68. The van der Waals surface area contributed by atoms with Crippen LogP contribution in [0.2, 0.25) is 0 Å². The van der Waals surface area contributed by atoms with Gasteiger partial charge in [-0.15, -0.1) is 11.3 Å². The second-order valence-corrected chi connectivity index (χ2v) is 4.98. The predicted octanol–water partition coefficient (Wildman–Crippen LogP) is 3.33. The minimum atomic E-state index is 0.677. The number of thiazole rings is 1. The van der Waals surface area contributed by atoms with E-state index < -0.39 is 0 Å². The average molecular weight is 256 g/mol. The van der Waals surface area contributed by atoms with Crippen molar-refractivity contribution < 1.29 is 0 Å². The summed E-state index contributed by atoms with van der Waals surface area (Å²) in [5.74, 6) is 0.827. The fourth-order valence-corrected chi connectivity index (χ4v) is 2.51. The Hall–Kier alpha value is -2.14. The Morgan fingerprint density at radius 1 is 1.22 bits per heavy atom. The highest BCUT2D eigenvalue weighted by atomic mass is 32.1. The third-order valence-corrected chi connectivity index (χ3v) is 3.49. The van der Waals surface area contributed by atoms with Gasteiger partial charge in [0.15, 0.2) is 0 Å². The third-order valence-electron chi connectivity index (χ3n) is 2.69. The molecule has 0 aliphatic carbocycles. The van der Waals surface area contributed by atoms with E-state index in [4.69, 9.17) is 5.73 Å². The van der Waals surface area contributed by atoms with Gasteiger partial charge in [0, 0.05) is 5.69 Å². The number of nitrogens with two attached hydrogens (primary N) is 1. The van der Waals surface area contributed by atoms with Crippen LogP contribution in [0.3, 0.4) is 0 Å². The number of nitrogens with one attached hydrogen (secondary N) is 1. The van der Waals surface area contributed by atoms with Gasteiger partial charge in [-0.05, 0) is 36.8 Å². The van der Waals surface area contributed by atoms with Crippen LogP contribution in [0, 0.1) is 6.92 Å². The van der Waals surface area contributed by atoms with E-state index in [9.17, 15) is 0 Å². The van der Waals surface area contributed by atoms with E-state index in [-0.39, 0.29) is 0 Å². The molecule has 0 fully saturated rings. The van der Waals surface area contributed by atoms with Crippen LogP contribution in [0.1, 0.15) is 5.56 Å². The van der Waals surface area contributed by atoms with Crippen molar-refractivity contribution in [2.24, 2.45) is 0 Å². The Kier molecular flexibility index (Phi) is 2.60. The van der Waals surface area contributed by atoms with Crippen molar-refractivity contribution >= 4 is 38.7 Å². The maximum Gasteiger partial charge on any atom is 0.133 e. The first kappa shape index (κ1) is 11.0. The van der Waals surface area contributed by atoms with E-state index in [0.717, 1.165) is 27.3 Å². The molecule has 3 aromatic rings. The molecule has 2 heterocycles. The van der Waals surface area contributed by atoms with E-state index in [1.54, 1.807) is 17.5 Å². The molecule has 0 bridgehead atoms. The second kappa shape index (κ2) is 4.27. The Balaban J connectivity index is 1.95. The van der Waals surface area contributed by atoms with Crippen LogP contribution in [0.25, 0.3) is 10.2 Å². The zero-order valence-corrected chi connectivity index (χ0v) is 10.7. The van der Waals surface area contributed by atoms with Crippen LogP contribution in [0.4, 0.5) is 17.2 Å². The zero-order chi connectivity index (χ0) is 12.5. The van der Waals surface area contributed by atoms with Crippen LogP contribution in [0.15, 0.2) is 36.0 Å². The number of nitrogen functional groups attached to an aromatic ring is 1. The van der Waals surface area contributed by atoms with Crippen LogP contribution in [0.5, 0.6) is 0 Å². The van der Waals surface area contributed by atoms with Gasteiger partial charge < -0.3 is 11.1 Å². The number of aromatic nitrogens is 2. The van der Waals surface area contributed by atoms with Crippen molar-refractivity contribution in [3.05, 3.63) is 41.5 Å². The Morgan fingerprint density at radius 3 is 2.94 bits per heavy atom. The molecule has 0 amide bonds. The van der Waals surface area contributed by atoms with Gasteiger partial charge >= 0.3 is 0 Å². The fourth-order valence-electron chi connectivity index (χ4n) is 1.80. The molecule has 0 saturated heterocycles. The van der Waals surface area contributed by atoms with Crippen LogP contribution in [-0.2, 0) is 0 Å². The quantitative estimate of drug-likeness (QED) is 0.738. The molecule has 0 aliphatic heterocycles. The number of hydrogen-bond donors (Lipinski definition) is 2. The molecular weight excluding hydrogens is 244 g/mol. The van der Waals surface area contributed by atoms with Crippen molar-refractivity contribution in [1.82, 2.24) is 9.97 Å². The highest BCUT2D eigenvalue weighted by Gasteiger charge is 2.03. The van der Waals surface area contributed by atoms with E-state index in [1.807, 2.05) is 30.6 Å². The van der Waals surface area contributed by atoms with Gasteiger partial charge in [-0.25, -0.2) is 9.97 Å². The summed E-state index contributed by atoms with van der Waals surface area (Å²) in [6.07, 6.45) is 1.65. The summed E-state index contributed by atoms with van der Waals surface area (Å²) < 4.78 is 1.16. The van der Waals surface area contributed by atoms with Gasteiger partial charge in [0.05, 0.1) is 27.6 Å². The summed E-state index contributed by atoms with van der Waals surface area (Å²) in [6, 6.07) is 7.98. The predicted molar refractivity (Wildman–Crippen MR) is 76.3 cm³/mol. The highest BCUT2D eigenvalue weighted by molar-refractivity contribution is 7.16. The van der Waals surface area contributed by atoms with Crippen molar-refractivity contribution in [2.45, 2.75) is 6.92 Å². The summed E-state index contributed by atoms with van der Waals surface area (Å²) >= 11 is 1.63. The molecule has 0 aliphatic rings. The number of fused-ring (bicyclic) bond motifs is 1. The minimum Gasteiger partial charge on any atom is -0.397 e. The van der Waals surface area contributed by atoms with Crippen molar-refractivity contribution in [1.29, 1.82) is 0 Å². The van der Waals surface area contributed by atoms with Gasteiger partial charge in [-0.3, -0.25) is 0 Å². The summed E-state index contributed by atoms with van der Waals surface area (Å²) in [5, 5.41) is 3.29. The molecule has 4 nitrogen and oxygen atoms in total. The standard InChI is InChI=1S/C13H12N4S/c1-8-4-9(14)6-15-13(8)17-10-2-3-11-12(5-10)18-7-16-11/h2-7H,14H2,1H3,(H,15,17). The minimum absolute atomic E-state index is 0.677. The smallest absolute Gasteiger partial charge is 0.133 e. The molecular formula is C13H12N4S. The molecule has 0 spiro atoms. The van der Waals surface area contributed by atoms with Gasteiger partial charge in [0.2, 0.25) is 0 Å². The van der Waals surface area contributed by atoms with E-state index in [1.165, 1.54) is 0 Å². The second-order valence-electron chi connectivity index (χ2n) is 4.09. The lowest BCUT2D eigenvalue weighted by atomic mass is 10.2. The van der Waals surface area contributed by atoms with E-state index in [0.29, 0.717) is 5.69 Å². The van der Waals surface area contributed by atoms with Crippen LogP contribution in [-0.4, -0.2) is 9.97 Å². The van der Waals surface area contributed by atoms with Crippen molar-refractivity contribution in [2.75, 3.05) is 11.1 Å². The average Bonchev–Trinajstić information content (AvgIpc) is 2.80. The summed E-state index contributed by atoms with van der Waals surface area (Å²) in [6.45, 7) is 1.98. The summed E-state index contributed by atoms with van der Waals surface area (Å²) in [4.78, 5) is 8.55. The van der Waals surface area contributed by atoms with Crippen molar-refractivity contribution in [3.8, 4) is 0 Å². The van der Waals surface area contributed by atoms with Gasteiger partial charge in [-0.1, -0.05) is 0 Å². The summed E-state index contributed by atoms with van der Waals surface area (Å²) in [7, 11) is 0. The molecule has 0 saturated carbocycles. The molecule has 5 heteroatoms. The van der Waals surface area contributed by atoms with Gasteiger partial charge in [0.1, 0.15) is 5.82 Å². The molecule has 1 aromatic carbocycles. The molecule has 0 atom stereocenters. The number of nitrogens with zero attached hydrogens (tertiary/aromatic N) is 2. The van der Waals surface area contributed by atoms with Crippen LogP contribution >= 0.6 is 11.3 Å². The first-order chi connectivity index (χ1) is 8.72. The Labute approximate surface area is 109 Å². The third kappa shape index (κ3) is 2.00. The highest BCUT2D eigenvalue weighted by Crippen LogP contribution is 2.25. The number of hydrogen-bond acceptors (Lipinski definition) is 5.